The van der Waals surface area contributed by atoms with Gasteiger partial charge < -0.3 is 16.0 Å². The van der Waals surface area contributed by atoms with Crippen molar-refractivity contribution in [3.05, 3.63) is 71.5 Å². The highest BCUT2D eigenvalue weighted by molar-refractivity contribution is 6.30. The molecule has 136 valence electrons. The molecule has 0 atom stereocenters. The molecule has 0 bridgehead atoms. The summed E-state index contributed by atoms with van der Waals surface area (Å²) in [6.07, 6.45) is 2.87. The van der Waals surface area contributed by atoms with Gasteiger partial charge in [-0.25, -0.2) is 9.97 Å². The second-order valence-electron chi connectivity index (χ2n) is 5.64. The molecule has 0 aliphatic rings. The monoisotopic (exact) mass is 381 g/mol. The lowest BCUT2D eigenvalue weighted by Crippen LogP contribution is -2.13. The Balaban J connectivity index is 1.61. The van der Waals surface area contributed by atoms with Crippen LogP contribution in [-0.2, 0) is 4.79 Å². The third kappa shape index (κ3) is 5.26. The van der Waals surface area contributed by atoms with E-state index in [1.807, 2.05) is 0 Å². The lowest BCUT2D eigenvalue weighted by Gasteiger charge is -2.08. The normalized spacial score (nSPS) is 10.1. The Kier molecular flexibility index (Phi) is 5.63. The summed E-state index contributed by atoms with van der Waals surface area (Å²) in [6, 6.07) is 13.9. The van der Waals surface area contributed by atoms with Crippen LogP contribution in [0.15, 0.2) is 60.9 Å². The number of anilines is 4. The van der Waals surface area contributed by atoms with Crippen LogP contribution in [-0.4, -0.2) is 21.8 Å². The average molecular weight is 382 g/mol. The minimum absolute atomic E-state index is 0.156. The molecule has 3 aromatic rings. The molecule has 1 aromatic heterocycles. The Bertz CT molecular complexity index is 941. The van der Waals surface area contributed by atoms with E-state index in [0.29, 0.717) is 27.9 Å². The zero-order chi connectivity index (χ0) is 19.2. The quantitative estimate of drug-likeness (QED) is 0.618. The van der Waals surface area contributed by atoms with Gasteiger partial charge in [-0.2, -0.15) is 0 Å². The van der Waals surface area contributed by atoms with Crippen LogP contribution in [0.1, 0.15) is 17.3 Å². The molecule has 0 saturated carbocycles. The van der Waals surface area contributed by atoms with E-state index < -0.39 is 0 Å². The van der Waals surface area contributed by atoms with Gasteiger partial charge in [0.25, 0.3) is 5.91 Å². The topological polar surface area (TPSA) is 96.0 Å². The van der Waals surface area contributed by atoms with Gasteiger partial charge in [0.2, 0.25) is 11.9 Å². The number of rotatable bonds is 5. The van der Waals surface area contributed by atoms with Gasteiger partial charge in [-0.05, 0) is 48.5 Å². The maximum Gasteiger partial charge on any atom is 0.258 e. The highest BCUT2D eigenvalue weighted by Gasteiger charge is 2.08. The molecule has 0 radical (unpaired) electrons. The van der Waals surface area contributed by atoms with Crippen LogP contribution in [0.5, 0.6) is 0 Å². The van der Waals surface area contributed by atoms with Crippen molar-refractivity contribution >= 4 is 46.4 Å². The van der Waals surface area contributed by atoms with E-state index in [-0.39, 0.29) is 11.8 Å². The third-order valence-electron chi connectivity index (χ3n) is 3.48. The first-order valence-corrected chi connectivity index (χ1v) is 8.41. The smallest absolute Gasteiger partial charge is 0.258 e. The molecule has 7 nitrogen and oxygen atoms in total. The molecule has 0 fully saturated rings. The molecule has 0 unspecified atom stereocenters. The van der Waals surface area contributed by atoms with Gasteiger partial charge in [0.1, 0.15) is 0 Å². The molecule has 8 heteroatoms. The third-order valence-corrected chi connectivity index (χ3v) is 3.73. The van der Waals surface area contributed by atoms with Crippen molar-refractivity contribution in [2.45, 2.75) is 6.92 Å². The molecule has 0 aliphatic heterocycles. The van der Waals surface area contributed by atoms with Crippen LogP contribution in [0.25, 0.3) is 0 Å². The van der Waals surface area contributed by atoms with Gasteiger partial charge in [-0.1, -0.05) is 11.6 Å². The number of benzene rings is 2. The molecule has 0 saturated heterocycles. The van der Waals surface area contributed by atoms with Gasteiger partial charge in [-0.3, -0.25) is 9.59 Å². The van der Waals surface area contributed by atoms with E-state index in [0.717, 1.165) is 5.69 Å². The van der Waals surface area contributed by atoms with E-state index in [4.69, 9.17) is 11.6 Å². The highest BCUT2D eigenvalue weighted by atomic mass is 35.5. The molecular formula is C19H16ClN5O2. The van der Waals surface area contributed by atoms with E-state index in [1.54, 1.807) is 48.5 Å². The summed E-state index contributed by atoms with van der Waals surface area (Å²) in [5.41, 5.74) is 2.36. The summed E-state index contributed by atoms with van der Waals surface area (Å²) >= 11 is 5.85. The summed E-state index contributed by atoms with van der Waals surface area (Å²) < 4.78 is 0. The number of carbonyl (C=O) groups is 2. The summed E-state index contributed by atoms with van der Waals surface area (Å²) in [6.45, 7) is 1.43. The number of hydrogen-bond acceptors (Lipinski definition) is 5. The lowest BCUT2D eigenvalue weighted by atomic mass is 10.2. The van der Waals surface area contributed by atoms with Gasteiger partial charge >= 0.3 is 0 Å². The van der Waals surface area contributed by atoms with Crippen molar-refractivity contribution in [3.63, 3.8) is 0 Å². The molecular weight excluding hydrogens is 366 g/mol. The van der Waals surface area contributed by atoms with E-state index in [9.17, 15) is 9.59 Å². The highest BCUT2D eigenvalue weighted by Crippen LogP contribution is 2.17. The lowest BCUT2D eigenvalue weighted by molar-refractivity contribution is -0.114. The van der Waals surface area contributed by atoms with Crippen LogP contribution in [0.3, 0.4) is 0 Å². The number of hydrogen-bond donors (Lipinski definition) is 3. The Morgan fingerprint density at radius 3 is 1.89 bits per heavy atom. The van der Waals surface area contributed by atoms with Crippen molar-refractivity contribution in [2.75, 3.05) is 16.0 Å². The largest absolute Gasteiger partial charge is 0.326 e. The van der Waals surface area contributed by atoms with E-state index >= 15 is 0 Å². The van der Waals surface area contributed by atoms with E-state index in [2.05, 4.69) is 25.9 Å². The second-order valence-corrected chi connectivity index (χ2v) is 6.08. The number of aromatic nitrogens is 2. The Hall–Kier alpha value is -3.45. The Morgan fingerprint density at radius 2 is 1.33 bits per heavy atom. The Morgan fingerprint density at radius 1 is 0.815 bits per heavy atom. The van der Waals surface area contributed by atoms with E-state index in [1.165, 1.54) is 19.3 Å². The van der Waals surface area contributed by atoms with Gasteiger partial charge in [0, 0.05) is 41.4 Å². The molecule has 3 rings (SSSR count). The molecule has 27 heavy (non-hydrogen) atoms. The summed E-state index contributed by atoms with van der Waals surface area (Å²) in [7, 11) is 0. The fraction of sp³-hybridized carbons (Fsp3) is 0.0526. The van der Waals surface area contributed by atoms with Gasteiger partial charge in [0.15, 0.2) is 0 Å². The summed E-state index contributed by atoms with van der Waals surface area (Å²) in [5.74, 6) is -0.120. The molecule has 2 amide bonds. The first kappa shape index (κ1) is 18.3. The number of carbonyl (C=O) groups excluding carboxylic acids is 2. The SMILES string of the molecule is CC(=O)Nc1ccc(NC(=O)c2cnc(Nc3ccc(Cl)cc3)nc2)cc1. The zero-order valence-electron chi connectivity index (χ0n) is 14.4. The number of nitrogens with zero attached hydrogens (tertiary/aromatic N) is 2. The first-order valence-electron chi connectivity index (χ1n) is 8.03. The number of amides is 2. The van der Waals surface area contributed by atoms with Crippen molar-refractivity contribution in [2.24, 2.45) is 0 Å². The number of halogens is 1. The van der Waals surface area contributed by atoms with Crippen molar-refractivity contribution in [1.82, 2.24) is 9.97 Å². The molecule has 0 spiro atoms. The minimum atomic E-state index is -0.333. The van der Waals surface area contributed by atoms with Crippen molar-refractivity contribution in [1.29, 1.82) is 0 Å². The summed E-state index contributed by atoms with van der Waals surface area (Å²) in [4.78, 5) is 31.6. The van der Waals surface area contributed by atoms with Crippen LogP contribution in [0, 0.1) is 0 Å². The molecule has 3 N–H and O–H groups in total. The average Bonchev–Trinajstić information content (AvgIpc) is 2.65. The standard InChI is InChI=1S/C19H16ClN5O2/c1-12(26)23-15-6-8-16(9-7-15)24-18(27)13-10-21-19(22-11-13)25-17-4-2-14(20)3-5-17/h2-11H,1H3,(H,23,26)(H,24,27)(H,21,22,25). The van der Waals surface area contributed by atoms with Crippen molar-refractivity contribution < 1.29 is 9.59 Å². The molecule has 0 aliphatic carbocycles. The van der Waals surface area contributed by atoms with Crippen molar-refractivity contribution in [3.8, 4) is 0 Å². The molecule has 1 heterocycles. The predicted molar refractivity (Wildman–Crippen MR) is 105 cm³/mol. The number of nitrogens with one attached hydrogen (secondary N) is 3. The second kappa shape index (κ2) is 8.29. The first-order chi connectivity index (χ1) is 13.0. The van der Waals surface area contributed by atoms with Crippen LogP contribution < -0.4 is 16.0 Å². The van der Waals surface area contributed by atoms with Gasteiger partial charge in [-0.15, -0.1) is 0 Å². The fourth-order valence-electron chi connectivity index (χ4n) is 2.22. The molecule has 2 aromatic carbocycles. The van der Waals surface area contributed by atoms with Crippen LogP contribution in [0.2, 0.25) is 5.02 Å². The van der Waals surface area contributed by atoms with Crippen LogP contribution in [0.4, 0.5) is 23.0 Å². The maximum atomic E-state index is 12.3. The fourth-order valence-corrected chi connectivity index (χ4v) is 2.34. The Labute approximate surface area is 160 Å². The summed E-state index contributed by atoms with van der Waals surface area (Å²) in [5, 5.41) is 9.07. The minimum Gasteiger partial charge on any atom is -0.326 e. The van der Waals surface area contributed by atoms with Crippen LogP contribution >= 0.6 is 11.6 Å². The predicted octanol–water partition coefficient (Wildman–Crippen LogP) is 4.08. The zero-order valence-corrected chi connectivity index (χ0v) is 15.1. The maximum absolute atomic E-state index is 12.3. The van der Waals surface area contributed by atoms with Gasteiger partial charge in [0.05, 0.1) is 5.56 Å².